The van der Waals surface area contributed by atoms with Crippen LogP contribution in [-0.4, -0.2) is 56.8 Å². The summed E-state index contributed by atoms with van der Waals surface area (Å²) in [6.07, 6.45) is 2.78. The molecular formula is C22H37N5O4. The fourth-order valence-corrected chi connectivity index (χ4v) is 4.13. The lowest BCUT2D eigenvalue weighted by Crippen LogP contribution is -2.54. The molecule has 2 N–H and O–H groups in total. The van der Waals surface area contributed by atoms with Gasteiger partial charge in [0, 0.05) is 25.1 Å². The zero-order chi connectivity index (χ0) is 23.0. The second-order valence-electron chi connectivity index (χ2n) is 10.5. The number of nitrogen functional groups attached to an aromatic ring is 1. The van der Waals surface area contributed by atoms with E-state index in [9.17, 15) is 9.59 Å². The number of nitrogens with two attached hydrogens (primary N) is 1. The lowest BCUT2D eigenvalue weighted by atomic mass is 10.0. The maximum Gasteiger partial charge on any atom is 0.429 e. The molecule has 1 saturated heterocycles. The summed E-state index contributed by atoms with van der Waals surface area (Å²) in [7, 11) is 0. The summed E-state index contributed by atoms with van der Waals surface area (Å²) in [5, 5.41) is 7.46. The molecule has 31 heavy (non-hydrogen) atoms. The van der Waals surface area contributed by atoms with Crippen molar-refractivity contribution in [3.8, 4) is 0 Å². The van der Waals surface area contributed by atoms with Crippen molar-refractivity contribution in [1.29, 1.82) is 0 Å². The summed E-state index contributed by atoms with van der Waals surface area (Å²) in [4.78, 5) is 25.4. The fourth-order valence-electron chi connectivity index (χ4n) is 4.13. The van der Waals surface area contributed by atoms with Crippen LogP contribution in [0.1, 0.15) is 85.3 Å². The Bertz CT molecular complexity index is 808. The number of carbonyl (C=O) groups is 2. The van der Waals surface area contributed by atoms with Gasteiger partial charge in [0.1, 0.15) is 17.5 Å². The first-order valence-corrected chi connectivity index (χ1v) is 11.2. The molecule has 1 aliphatic carbocycles. The number of nitrogens with zero attached hydrogens (tertiary/aromatic N) is 4. The van der Waals surface area contributed by atoms with Crippen LogP contribution in [0.4, 0.5) is 15.4 Å². The minimum Gasteiger partial charge on any atom is -0.445 e. The molecule has 0 unspecified atom stereocenters. The highest BCUT2D eigenvalue weighted by Gasteiger charge is 2.36. The molecule has 0 radical (unpaired) electrons. The van der Waals surface area contributed by atoms with Crippen LogP contribution < -0.4 is 5.73 Å². The molecule has 2 heterocycles. The molecule has 0 spiro atoms. The molecule has 2 fully saturated rings. The monoisotopic (exact) mass is 435 g/mol. The van der Waals surface area contributed by atoms with Crippen molar-refractivity contribution >= 4 is 18.0 Å². The van der Waals surface area contributed by atoms with E-state index in [1.807, 2.05) is 31.5 Å². The van der Waals surface area contributed by atoms with E-state index in [0.29, 0.717) is 25.3 Å². The van der Waals surface area contributed by atoms with Gasteiger partial charge in [-0.15, -0.1) is 0 Å². The molecule has 9 heteroatoms. The van der Waals surface area contributed by atoms with Crippen molar-refractivity contribution in [2.45, 2.75) is 96.8 Å². The van der Waals surface area contributed by atoms with Gasteiger partial charge in [0.25, 0.3) is 0 Å². The molecule has 3 rings (SSSR count). The molecular weight excluding hydrogens is 398 g/mol. The van der Waals surface area contributed by atoms with Gasteiger partial charge in [-0.25, -0.2) is 24.3 Å². The number of carbonyl (C=O) groups excluding carboxylic acids is 2. The molecule has 1 saturated carbocycles. The van der Waals surface area contributed by atoms with Crippen LogP contribution in [0.25, 0.3) is 0 Å². The van der Waals surface area contributed by atoms with Crippen LogP contribution >= 0.6 is 0 Å². The molecule has 9 nitrogen and oxygen atoms in total. The van der Waals surface area contributed by atoms with Gasteiger partial charge in [-0.3, -0.25) is 0 Å². The molecule has 2 aliphatic rings. The summed E-state index contributed by atoms with van der Waals surface area (Å²) in [6, 6.07) is 1.93. The highest BCUT2D eigenvalue weighted by atomic mass is 16.6. The van der Waals surface area contributed by atoms with Crippen molar-refractivity contribution in [3.05, 3.63) is 11.8 Å². The van der Waals surface area contributed by atoms with Crippen molar-refractivity contribution < 1.29 is 19.1 Å². The number of hydrogen-bond donors (Lipinski definition) is 1. The van der Waals surface area contributed by atoms with Gasteiger partial charge in [0.2, 0.25) is 0 Å². The first-order chi connectivity index (χ1) is 14.3. The van der Waals surface area contributed by atoms with Gasteiger partial charge in [-0.05, 0) is 73.6 Å². The maximum atomic E-state index is 12.9. The summed E-state index contributed by atoms with van der Waals surface area (Å²) in [5.74, 6) is 0.844. The minimum absolute atomic E-state index is 0.188. The van der Waals surface area contributed by atoms with Crippen LogP contribution in [0.5, 0.6) is 0 Å². The Hall–Kier alpha value is -2.45. The SMILES string of the molecule is CC(C)(C)OC(=O)N1CCCCN1C(=O)O[C@@H]1CC[C@H](c2cc(N)n(C(C)(C)C)n2)C1. The third kappa shape index (κ3) is 5.62. The van der Waals surface area contributed by atoms with Crippen LogP contribution in [0.3, 0.4) is 0 Å². The Kier molecular flexibility index (Phi) is 6.43. The number of hydrogen-bond acceptors (Lipinski definition) is 6. The third-order valence-electron chi connectivity index (χ3n) is 5.56. The molecule has 1 aromatic heterocycles. The predicted octanol–water partition coefficient (Wildman–Crippen LogP) is 4.24. The van der Waals surface area contributed by atoms with Gasteiger partial charge in [-0.2, -0.15) is 5.10 Å². The van der Waals surface area contributed by atoms with Gasteiger partial charge in [0.15, 0.2) is 0 Å². The predicted molar refractivity (Wildman–Crippen MR) is 117 cm³/mol. The van der Waals surface area contributed by atoms with E-state index in [2.05, 4.69) is 20.8 Å². The van der Waals surface area contributed by atoms with Crippen LogP contribution in [0.15, 0.2) is 6.07 Å². The second kappa shape index (κ2) is 8.59. The lowest BCUT2D eigenvalue weighted by Gasteiger charge is -2.38. The average Bonchev–Trinajstić information content (AvgIpc) is 3.26. The normalized spacial score (nSPS) is 22.5. The Morgan fingerprint density at radius 3 is 2.19 bits per heavy atom. The quantitative estimate of drug-likeness (QED) is 0.745. The van der Waals surface area contributed by atoms with E-state index in [1.165, 1.54) is 10.0 Å². The van der Waals surface area contributed by atoms with Gasteiger partial charge >= 0.3 is 12.2 Å². The molecule has 2 atom stereocenters. The number of ether oxygens (including phenoxy) is 2. The zero-order valence-corrected chi connectivity index (χ0v) is 19.7. The van der Waals surface area contributed by atoms with Crippen molar-refractivity contribution in [3.63, 3.8) is 0 Å². The van der Waals surface area contributed by atoms with Crippen LogP contribution in [0, 0.1) is 0 Å². The molecule has 1 aromatic rings. The second-order valence-corrected chi connectivity index (χ2v) is 10.5. The van der Waals surface area contributed by atoms with Crippen LogP contribution in [0.2, 0.25) is 0 Å². The van der Waals surface area contributed by atoms with Gasteiger partial charge in [-0.1, -0.05) is 0 Å². The number of aromatic nitrogens is 2. The largest absolute Gasteiger partial charge is 0.445 e. The smallest absolute Gasteiger partial charge is 0.429 e. The van der Waals surface area contributed by atoms with E-state index in [4.69, 9.17) is 20.3 Å². The Morgan fingerprint density at radius 1 is 1.03 bits per heavy atom. The fraction of sp³-hybridized carbons (Fsp3) is 0.773. The standard InChI is InChI=1S/C22H37N5O4/c1-21(2,3)27-18(23)14-17(24-27)15-9-10-16(13-15)30-19(28)25-11-7-8-12-26(25)20(29)31-22(4,5)6/h14-16H,7-13,23H2,1-6H3/t15-,16+/m0/s1. The Labute approximate surface area is 184 Å². The van der Waals surface area contributed by atoms with Crippen LogP contribution in [-0.2, 0) is 15.0 Å². The lowest BCUT2D eigenvalue weighted by molar-refractivity contribution is -0.0650. The maximum absolute atomic E-state index is 12.9. The number of hydrazine groups is 1. The van der Waals surface area contributed by atoms with Crippen molar-refractivity contribution in [2.24, 2.45) is 0 Å². The van der Waals surface area contributed by atoms with E-state index in [0.717, 1.165) is 31.4 Å². The highest BCUT2D eigenvalue weighted by Crippen LogP contribution is 2.37. The topological polar surface area (TPSA) is 103 Å². The molecule has 0 bridgehead atoms. The Morgan fingerprint density at radius 2 is 1.65 bits per heavy atom. The van der Waals surface area contributed by atoms with Gasteiger partial charge < -0.3 is 15.2 Å². The Balaban J connectivity index is 1.61. The highest BCUT2D eigenvalue weighted by molar-refractivity contribution is 5.74. The van der Waals surface area contributed by atoms with Gasteiger partial charge in [0.05, 0.1) is 11.2 Å². The zero-order valence-electron chi connectivity index (χ0n) is 19.7. The van der Waals surface area contributed by atoms with Crippen molar-refractivity contribution in [1.82, 2.24) is 19.8 Å². The summed E-state index contributed by atoms with van der Waals surface area (Å²) >= 11 is 0. The summed E-state index contributed by atoms with van der Waals surface area (Å²) in [6.45, 7) is 12.5. The average molecular weight is 436 g/mol. The summed E-state index contributed by atoms with van der Waals surface area (Å²) < 4.78 is 13.1. The third-order valence-corrected chi connectivity index (χ3v) is 5.56. The van der Waals surface area contributed by atoms with Crippen molar-refractivity contribution in [2.75, 3.05) is 18.8 Å². The molecule has 174 valence electrons. The number of anilines is 1. The van der Waals surface area contributed by atoms with E-state index in [-0.39, 0.29) is 17.6 Å². The first kappa shape index (κ1) is 23.2. The number of rotatable bonds is 2. The molecule has 0 aromatic carbocycles. The molecule has 2 amide bonds. The van der Waals surface area contributed by atoms with E-state index >= 15 is 0 Å². The molecule has 1 aliphatic heterocycles. The van der Waals surface area contributed by atoms with E-state index in [1.54, 1.807) is 0 Å². The minimum atomic E-state index is -0.624. The number of amides is 2. The first-order valence-electron chi connectivity index (χ1n) is 11.2. The summed E-state index contributed by atoms with van der Waals surface area (Å²) in [5.41, 5.74) is 6.29. The van der Waals surface area contributed by atoms with E-state index < -0.39 is 17.8 Å².